The van der Waals surface area contributed by atoms with E-state index >= 15 is 0 Å². The molecule has 1 aromatic rings. The van der Waals surface area contributed by atoms with Gasteiger partial charge >= 0.3 is 0 Å². The number of nitrogens with zero attached hydrogens (tertiary/aromatic N) is 5. The Morgan fingerprint density at radius 1 is 1.41 bits per heavy atom. The van der Waals surface area contributed by atoms with Gasteiger partial charge in [-0.3, -0.25) is 9.59 Å². The highest BCUT2D eigenvalue weighted by Gasteiger charge is 2.45. The quantitative estimate of drug-likeness (QED) is 0.588. The molecule has 2 rings (SSSR count). The van der Waals surface area contributed by atoms with Crippen LogP contribution in [-0.2, 0) is 26.2 Å². The number of likely N-dealkylation sites (tertiary alicyclic amines) is 1. The maximum atomic E-state index is 13.4. The summed E-state index contributed by atoms with van der Waals surface area (Å²) in [6.07, 6.45) is 2.02. The van der Waals surface area contributed by atoms with Gasteiger partial charge in [-0.1, -0.05) is 26.0 Å². The number of carbonyl (C=O) groups is 2. The number of aromatic nitrogens is 3. The number of hydrogen-bond acceptors (Lipinski definition) is 7. The maximum Gasteiger partial charge on any atom is 0.248 e. The largest absolute Gasteiger partial charge is 0.391 e. The zero-order chi connectivity index (χ0) is 22.1. The van der Waals surface area contributed by atoms with E-state index in [4.69, 9.17) is 0 Å². The van der Waals surface area contributed by atoms with Crippen molar-refractivity contribution in [3.05, 3.63) is 11.9 Å². The predicted molar refractivity (Wildman–Crippen MR) is 105 cm³/mol. The van der Waals surface area contributed by atoms with Gasteiger partial charge in [0.15, 0.2) is 0 Å². The molecule has 1 aliphatic rings. The van der Waals surface area contributed by atoms with Crippen LogP contribution in [0, 0.1) is 5.41 Å². The molecular formula is C17H30N6O5S. The normalized spacial score (nSPS) is 21.4. The number of sulfonamides is 1. The van der Waals surface area contributed by atoms with Crippen molar-refractivity contribution in [2.24, 2.45) is 5.41 Å². The molecule has 2 unspecified atom stereocenters. The van der Waals surface area contributed by atoms with Crippen LogP contribution in [-0.4, -0.2) is 88.6 Å². The number of nitrogens with one attached hydrogen (secondary N) is 1. The summed E-state index contributed by atoms with van der Waals surface area (Å²) in [5, 5.41) is 20.6. The number of aliphatic hydroxyl groups excluding tert-OH is 1. The number of hydrogen-bond donors (Lipinski definition) is 2. The van der Waals surface area contributed by atoms with E-state index in [0.717, 1.165) is 10.6 Å². The van der Waals surface area contributed by atoms with Crippen LogP contribution >= 0.6 is 0 Å². The van der Waals surface area contributed by atoms with Crippen molar-refractivity contribution in [3.8, 4) is 0 Å². The summed E-state index contributed by atoms with van der Waals surface area (Å²) in [4.78, 5) is 27.0. The maximum absolute atomic E-state index is 13.4. The number of likely N-dealkylation sites (N-methyl/N-ethyl adjacent to an activating group) is 1. The van der Waals surface area contributed by atoms with Crippen LogP contribution in [0.3, 0.4) is 0 Å². The summed E-state index contributed by atoms with van der Waals surface area (Å²) in [7, 11) is -0.471. The molecule has 1 saturated heterocycles. The van der Waals surface area contributed by atoms with Crippen LogP contribution in [0.5, 0.6) is 0 Å². The summed E-state index contributed by atoms with van der Waals surface area (Å²) < 4.78 is 25.8. The highest BCUT2D eigenvalue weighted by molar-refractivity contribution is 7.88. The van der Waals surface area contributed by atoms with E-state index in [9.17, 15) is 23.1 Å². The first-order chi connectivity index (χ1) is 13.3. The smallest absolute Gasteiger partial charge is 0.248 e. The number of amides is 2. The van der Waals surface area contributed by atoms with E-state index < -0.39 is 33.6 Å². The van der Waals surface area contributed by atoms with Crippen LogP contribution < -0.4 is 5.32 Å². The monoisotopic (exact) mass is 430 g/mol. The molecule has 2 amide bonds. The number of aliphatic hydroxyl groups is 1. The minimum Gasteiger partial charge on any atom is -0.391 e. The molecule has 0 aromatic carbocycles. The van der Waals surface area contributed by atoms with Crippen LogP contribution in [0.15, 0.2) is 6.20 Å². The molecule has 1 fully saturated rings. The second-order valence-corrected chi connectivity index (χ2v) is 10.6. The van der Waals surface area contributed by atoms with Gasteiger partial charge in [-0.05, 0) is 5.41 Å². The fourth-order valence-corrected chi connectivity index (χ4v) is 3.73. The fourth-order valence-electron chi connectivity index (χ4n) is 3.37. The topological polar surface area (TPSA) is 138 Å². The van der Waals surface area contributed by atoms with Crippen LogP contribution in [0.25, 0.3) is 0 Å². The molecule has 11 nitrogen and oxygen atoms in total. The van der Waals surface area contributed by atoms with Gasteiger partial charge in [0.25, 0.3) is 0 Å². The SMILES string of the molecule is CNC(=O)C1CC(O)CN1C(=O)[C@@H](n1cc(CN(C)S(C)(=O)=O)nn1)C(C)(C)C. The van der Waals surface area contributed by atoms with Gasteiger partial charge in [0.1, 0.15) is 12.1 Å². The van der Waals surface area contributed by atoms with Crippen LogP contribution in [0.4, 0.5) is 0 Å². The highest BCUT2D eigenvalue weighted by atomic mass is 32.2. The van der Waals surface area contributed by atoms with E-state index in [1.54, 1.807) is 0 Å². The molecule has 164 valence electrons. The minimum atomic E-state index is -3.39. The average Bonchev–Trinajstić information content (AvgIpc) is 3.18. The zero-order valence-corrected chi connectivity index (χ0v) is 18.5. The van der Waals surface area contributed by atoms with Gasteiger partial charge in [0.05, 0.1) is 30.8 Å². The standard InChI is InChI=1S/C17H30N6O5S/c1-17(2,3)14(16(26)22-10-12(24)7-13(22)15(25)18-4)23-9-11(19-20-23)8-21(5)29(6,27)28/h9,12-14,24H,7-8,10H2,1-6H3,(H,18,25)/t12?,13?,14-/m1/s1. The Hall–Kier alpha value is -2.05. The van der Waals surface area contributed by atoms with Crippen LogP contribution in [0.2, 0.25) is 0 Å². The number of β-amino-alcohol motifs (C(OH)–C–C–N with tert-alkyl or cyclic N) is 1. The first-order valence-electron chi connectivity index (χ1n) is 9.28. The van der Waals surface area contributed by atoms with E-state index in [-0.39, 0.29) is 31.3 Å². The molecule has 2 heterocycles. The van der Waals surface area contributed by atoms with Crippen molar-refractivity contribution in [1.29, 1.82) is 0 Å². The molecule has 0 saturated carbocycles. The first-order valence-corrected chi connectivity index (χ1v) is 11.1. The zero-order valence-electron chi connectivity index (χ0n) is 17.7. The second-order valence-electron chi connectivity index (χ2n) is 8.49. The molecule has 1 aliphatic heterocycles. The van der Waals surface area contributed by atoms with Gasteiger partial charge in [-0.2, -0.15) is 4.31 Å². The summed E-state index contributed by atoms with van der Waals surface area (Å²) in [5.74, 6) is -0.688. The Bertz CT molecular complexity index is 862. The molecular weight excluding hydrogens is 400 g/mol. The highest BCUT2D eigenvalue weighted by Crippen LogP contribution is 2.34. The lowest BCUT2D eigenvalue weighted by Gasteiger charge is -2.34. The first kappa shape index (κ1) is 23.2. The number of rotatable bonds is 6. The third kappa shape index (κ3) is 5.31. The molecule has 2 N–H and O–H groups in total. The molecule has 12 heteroatoms. The molecule has 1 aromatic heterocycles. The molecule has 0 bridgehead atoms. The third-order valence-electron chi connectivity index (χ3n) is 4.94. The van der Waals surface area contributed by atoms with Crippen molar-refractivity contribution in [1.82, 2.24) is 29.5 Å². The van der Waals surface area contributed by atoms with Gasteiger partial charge in [0.2, 0.25) is 21.8 Å². The Morgan fingerprint density at radius 2 is 2.03 bits per heavy atom. The lowest BCUT2D eigenvalue weighted by atomic mass is 9.85. The molecule has 0 aliphatic carbocycles. The van der Waals surface area contributed by atoms with Crippen molar-refractivity contribution in [2.45, 2.75) is 51.9 Å². The molecule has 3 atom stereocenters. The third-order valence-corrected chi connectivity index (χ3v) is 6.20. The summed E-state index contributed by atoms with van der Waals surface area (Å²) in [5.41, 5.74) is -0.185. The predicted octanol–water partition coefficient (Wildman–Crippen LogP) is -1.04. The van der Waals surface area contributed by atoms with E-state index in [1.807, 2.05) is 20.8 Å². The molecule has 0 radical (unpaired) electrons. The number of carbonyl (C=O) groups excluding carboxylic acids is 2. The van der Waals surface area contributed by atoms with Gasteiger partial charge in [0, 0.05) is 27.1 Å². The van der Waals surface area contributed by atoms with Gasteiger partial charge in [-0.25, -0.2) is 13.1 Å². The fraction of sp³-hybridized carbons (Fsp3) is 0.765. The Labute approximate surface area is 171 Å². The van der Waals surface area contributed by atoms with E-state index in [1.165, 1.54) is 29.9 Å². The van der Waals surface area contributed by atoms with Crippen LogP contribution in [0.1, 0.15) is 38.9 Å². The van der Waals surface area contributed by atoms with Gasteiger partial charge < -0.3 is 15.3 Å². The van der Waals surface area contributed by atoms with E-state index in [0.29, 0.717) is 5.69 Å². The van der Waals surface area contributed by atoms with Crippen molar-refractivity contribution in [2.75, 3.05) is 26.9 Å². The minimum absolute atomic E-state index is 0.0210. The van der Waals surface area contributed by atoms with Crippen molar-refractivity contribution >= 4 is 21.8 Å². The summed E-state index contributed by atoms with van der Waals surface area (Å²) in [6.45, 7) is 5.66. The molecule has 0 spiro atoms. The second kappa shape index (κ2) is 8.36. The van der Waals surface area contributed by atoms with Crippen molar-refractivity contribution in [3.63, 3.8) is 0 Å². The van der Waals surface area contributed by atoms with Gasteiger partial charge in [-0.15, -0.1) is 5.10 Å². The molecule has 29 heavy (non-hydrogen) atoms. The Kier molecular flexibility index (Phi) is 6.70. The lowest BCUT2D eigenvalue weighted by Crippen LogP contribution is -2.49. The van der Waals surface area contributed by atoms with E-state index in [2.05, 4.69) is 15.6 Å². The summed E-state index contributed by atoms with van der Waals surface area (Å²) in [6, 6.07) is -1.54. The Balaban J connectivity index is 2.33. The average molecular weight is 431 g/mol. The Morgan fingerprint density at radius 3 is 2.55 bits per heavy atom. The summed E-state index contributed by atoms with van der Waals surface area (Å²) >= 11 is 0. The lowest BCUT2D eigenvalue weighted by molar-refractivity contribution is -0.144. The van der Waals surface area contributed by atoms with Crippen molar-refractivity contribution < 1.29 is 23.1 Å².